The minimum atomic E-state index is 0.0801. The van der Waals surface area contributed by atoms with Crippen LogP contribution in [0.25, 0.3) is 0 Å². The lowest BCUT2D eigenvalue weighted by Gasteiger charge is -2.41. The first-order valence-corrected chi connectivity index (χ1v) is 8.76. The van der Waals surface area contributed by atoms with Crippen LogP contribution in [-0.4, -0.2) is 42.2 Å². The molecular weight excluding hydrogens is 264 g/mol. The molecule has 0 aromatic heterocycles. The first-order valence-electron chi connectivity index (χ1n) is 8.76. The molecule has 3 N–H and O–H groups in total. The molecule has 1 rings (SSSR count). The van der Waals surface area contributed by atoms with Crippen LogP contribution >= 0.6 is 0 Å². The summed E-state index contributed by atoms with van der Waals surface area (Å²) in [6.07, 6.45) is 10.7. The van der Waals surface area contributed by atoms with Gasteiger partial charge >= 0.3 is 0 Å². The summed E-state index contributed by atoms with van der Waals surface area (Å²) in [6, 6.07) is 0. The number of rotatable bonds is 12. The lowest BCUT2D eigenvalue weighted by molar-refractivity contribution is -0.135. The van der Waals surface area contributed by atoms with Gasteiger partial charge in [-0.05, 0) is 37.6 Å². The van der Waals surface area contributed by atoms with Crippen molar-refractivity contribution < 1.29 is 9.90 Å². The van der Waals surface area contributed by atoms with Crippen LogP contribution in [0.3, 0.4) is 0 Å². The lowest BCUT2D eigenvalue weighted by Crippen LogP contribution is -2.44. The molecule has 4 heteroatoms. The van der Waals surface area contributed by atoms with E-state index in [1.807, 2.05) is 4.90 Å². The second kappa shape index (κ2) is 10.2. The SMILES string of the molecule is CCCCCCCN(CCCO)C(=O)CC1(CN)CCC1. The maximum absolute atomic E-state index is 12.5. The molecule has 1 saturated carbocycles. The molecule has 0 saturated heterocycles. The Balaban J connectivity index is 2.37. The summed E-state index contributed by atoms with van der Waals surface area (Å²) >= 11 is 0. The van der Waals surface area contributed by atoms with Gasteiger partial charge in [-0.3, -0.25) is 4.79 Å². The van der Waals surface area contributed by atoms with E-state index in [2.05, 4.69) is 6.92 Å². The van der Waals surface area contributed by atoms with Gasteiger partial charge in [-0.2, -0.15) is 0 Å². The van der Waals surface area contributed by atoms with Gasteiger partial charge in [0.1, 0.15) is 0 Å². The van der Waals surface area contributed by atoms with Crippen LogP contribution in [0.15, 0.2) is 0 Å². The summed E-state index contributed by atoms with van der Waals surface area (Å²) in [5.41, 5.74) is 5.94. The summed E-state index contributed by atoms with van der Waals surface area (Å²) in [5.74, 6) is 0.240. The lowest BCUT2D eigenvalue weighted by atomic mass is 9.66. The highest BCUT2D eigenvalue weighted by Crippen LogP contribution is 2.43. The number of aliphatic hydroxyl groups is 1. The minimum Gasteiger partial charge on any atom is -0.396 e. The number of unbranched alkanes of at least 4 members (excludes halogenated alkanes) is 4. The highest BCUT2D eigenvalue weighted by Gasteiger charge is 2.38. The summed E-state index contributed by atoms with van der Waals surface area (Å²) in [7, 11) is 0. The van der Waals surface area contributed by atoms with Crippen LogP contribution < -0.4 is 5.73 Å². The Morgan fingerprint density at radius 3 is 2.33 bits per heavy atom. The van der Waals surface area contributed by atoms with Gasteiger partial charge in [0.25, 0.3) is 0 Å². The zero-order valence-electron chi connectivity index (χ0n) is 13.8. The van der Waals surface area contributed by atoms with Crippen molar-refractivity contribution in [2.24, 2.45) is 11.1 Å². The quantitative estimate of drug-likeness (QED) is 0.544. The summed E-state index contributed by atoms with van der Waals surface area (Å²) in [5, 5.41) is 9.02. The van der Waals surface area contributed by atoms with E-state index in [0.29, 0.717) is 25.9 Å². The predicted octanol–water partition coefficient (Wildman–Crippen LogP) is 2.69. The average Bonchev–Trinajstić information content (AvgIpc) is 2.45. The molecule has 0 atom stereocenters. The maximum Gasteiger partial charge on any atom is 0.223 e. The first kappa shape index (κ1) is 18.4. The Morgan fingerprint density at radius 2 is 1.81 bits per heavy atom. The van der Waals surface area contributed by atoms with Gasteiger partial charge in [-0.1, -0.05) is 39.0 Å². The second-order valence-electron chi connectivity index (χ2n) is 6.61. The van der Waals surface area contributed by atoms with Crippen LogP contribution in [0.4, 0.5) is 0 Å². The van der Waals surface area contributed by atoms with Gasteiger partial charge in [-0.15, -0.1) is 0 Å². The molecule has 0 aliphatic heterocycles. The molecule has 1 aliphatic carbocycles. The van der Waals surface area contributed by atoms with Gasteiger partial charge in [0.2, 0.25) is 5.91 Å². The van der Waals surface area contributed by atoms with E-state index >= 15 is 0 Å². The number of carbonyl (C=O) groups is 1. The molecule has 1 amide bonds. The topological polar surface area (TPSA) is 66.6 Å². The summed E-state index contributed by atoms with van der Waals surface area (Å²) < 4.78 is 0. The van der Waals surface area contributed by atoms with Crippen molar-refractivity contribution in [1.29, 1.82) is 0 Å². The summed E-state index contributed by atoms with van der Waals surface area (Å²) in [6.45, 7) is 4.51. The fraction of sp³-hybridized carbons (Fsp3) is 0.941. The minimum absolute atomic E-state index is 0.0801. The summed E-state index contributed by atoms with van der Waals surface area (Å²) in [4.78, 5) is 14.5. The zero-order chi connectivity index (χ0) is 15.6. The molecular formula is C17H34N2O2. The number of carbonyl (C=O) groups excluding carboxylic acids is 1. The number of nitrogens with zero attached hydrogens (tertiary/aromatic N) is 1. The van der Waals surface area contributed by atoms with Gasteiger partial charge in [-0.25, -0.2) is 0 Å². The van der Waals surface area contributed by atoms with Crippen molar-refractivity contribution in [2.45, 2.75) is 71.1 Å². The Bertz CT molecular complexity index is 285. The number of hydrogen-bond donors (Lipinski definition) is 2. The van der Waals surface area contributed by atoms with Crippen LogP contribution in [0.2, 0.25) is 0 Å². The van der Waals surface area contributed by atoms with Crippen LogP contribution in [0, 0.1) is 5.41 Å². The van der Waals surface area contributed by atoms with Crippen molar-refractivity contribution in [2.75, 3.05) is 26.2 Å². The molecule has 0 bridgehead atoms. The fourth-order valence-electron chi connectivity index (χ4n) is 3.09. The van der Waals surface area contributed by atoms with E-state index in [0.717, 1.165) is 25.8 Å². The van der Waals surface area contributed by atoms with E-state index in [1.165, 1.54) is 32.1 Å². The van der Waals surface area contributed by atoms with E-state index in [-0.39, 0.29) is 17.9 Å². The van der Waals surface area contributed by atoms with Gasteiger partial charge in [0.15, 0.2) is 0 Å². The highest BCUT2D eigenvalue weighted by atomic mass is 16.3. The smallest absolute Gasteiger partial charge is 0.223 e. The fourth-order valence-corrected chi connectivity index (χ4v) is 3.09. The van der Waals surface area contributed by atoms with Crippen LogP contribution in [0.5, 0.6) is 0 Å². The molecule has 1 aliphatic rings. The Kier molecular flexibility index (Phi) is 8.93. The van der Waals surface area contributed by atoms with E-state index in [9.17, 15) is 4.79 Å². The predicted molar refractivity (Wildman–Crippen MR) is 87.0 cm³/mol. The Hall–Kier alpha value is -0.610. The van der Waals surface area contributed by atoms with Crippen molar-refractivity contribution in [3.63, 3.8) is 0 Å². The molecule has 0 heterocycles. The van der Waals surface area contributed by atoms with E-state index in [4.69, 9.17) is 10.8 Å². The molecule has 0 spiro atoms. The van der Waals surface area contributed by atoms with E-state index < -0.39 is 0 Å². The number of aliphatic hydroxyl groups excluding tert-OH is 1. The molecule has 0 unspecified atom stereocenters. The second-order valence-corrected chi connectivity index (χ2v) is 6.61. The van der Waals surface area contributed by atoms with Crippen molar-refractivity contribution >= 4 is 5.91 Å². The van der Waals surface area contributed by atoms with Crippen molar-refractivity contribution in [3.8, 4) is 0 Å². The van der Waals surface area contributed by atoms with Gasteiger partial charge < -0.3 is 15.7 Å². The third-order valence-electron chi connectivity index (χ3n) is 4.84. The molecule has 4 nitrogen and oxygen atoms in total. The number of nitrogens with two attached hydrogens (primary N) is 1. The Morgan fingerprint density at radius 1 is 1.14 bits per heavy atom. The highest BCUT2D eigenvalue weighted by molar-refractivity contribution is 5.77. The molecule has 1 fully saturated rings. The van der Waals surface area contributed by atoms with Crippen molar-refractivity contribution in [3.05, 3.63) is 0 Å². The van der Waals surface area contributed by atoms with E-state index in [1.54, 1.807) is 0 Å². The molecule has 0 aromatic carbocycles. The van der Waals surface area contributed by atoms with Gasteiger partial charge in [0.05, 0.1) is 0 Å². The maximum atomic E-state index is 12.5. The molecule has 0 aromatic rings. The first-order chi connectivity index (χ1) is 10.2. The molecule has 124 valence electrons. The Labute approximate surface area is 130 Å². The number of hydrogen-bond acceptors (Lipinski definition) is 3. The van der Waals surface area contributed by atoms with Gasteiger partial charge in [0, 0.05) is 26.1 Å². The van der Waals surface area contributed by atoms with Crippen LogP contribution in [-0.2, 0) is 4.79 Å². The molecule has 0 radical (unpaired) electrons. The largest absolute Gasteiger partial charge is 0.396 e. The third-order valence-corrected chi connectivity index (χ3v) is 4.84. The van der Waals surface area contributed by atoms with Crippen LogP contribution in [0.1, 0.15) is 71.1 Å². The van der Waals surface area contributed by atoms with Crippen molar-refractivity contribution in [1.82, 2.24) is 4.90 Å². The monoisotopic (exact) mass is 298 g/mol. The average molecular weight is 298 g/mol. The standard InChI is InChI=1S/C17H34N2O2/c1-2-3-4-5-6-11-19(12-8-13-20)16(21)14-17(15-18)9-7-10-17/h20H,2-15,18H2,1H3. The molecule has 21 heavy (non-hydrogen) atoms. The zero-order valence-corrected chi connectivity index (χ0v) is 13.8. The third kappa shape index (κ3) is 6.35. The normalized spacial score (nSPS) is 16.5. The number of amides is 1.